The topological polar surface area (TPSA) is 99.5 Å². The Morgan fingerprint density at radius 3 is 2.62 bits per heavy atom. The number of methoxy groups -OCH3 is 1. The Bertz CT molecular complexity index is 1050. The molecule has 9 heteroatoms. The normalized spacial score (nSPS) is 17.5. The van der Waals surface area contributed by atoms with Gasteiger partial charge in [-0.25, -0.2) is 8.42 Å². The van der Waals surface area contributed by atoms with Crippen LogP contribution in [0.3, 0.4) is 0 Å². The third-order valence-electron chi connectivity index (χ3n) is 5.19. The summed E-state index contributed by atoms with van der Waals surface area (Å²) in [5, 5.41) is 12.7. The minimum absolute atomic E-state index is 0.116. The predicted molar refractivity (Wildman–Crippen MR) is 112 cm³/mol. The molecule has 2 heterocycles. The number of piperidine rings is 1. The molecule has 1 aliphatic heterocycles. The lowest BCUT2D eigenvalue weighted by Gasteiger charge is -2.31. The van der Waals surface area contributed by atoms with Crippen LogP contribution in [0.5, 0.6) is 5.75 Å². The average molecular weight is 434 g/mol. The van der Waals surface area contributed by atoms with Gasteiger partial charge in [-0.1, -0.05) is 0 Å². The predicted octanol–water partition coefficient (Wildman–Crippen LogP) is 3.28. The van der Waals surface area contributed by atoms with Crippen LogP contribution in [0.4, 0.5) is 5.00 Å². The van der Waals surface area contributed by atoms with Gasteiger partial charge in [0.1, 0.15) is 16.8 Å². The van der Waals surface area contributed by atoms with Crippen LogP contribution in [-0.2, 0) is 14.8 Å². The van der Waals surface area contributed by atoms with Crippen molar-refractivity contribution < 1.29 is 17.9 Å². The van der Waals surface area contributed by atoms with E-state index in [1.54, 1.807) is 12.1 Å². The molecule has 1 amide bonds. The number of hydrogen-bond acceptors (Lipinski definition) is 6. The van der Waals surface area contributed by atoms with E-state index in [1.807, 2.05) is 13.8 Å². The zero-order chi connectivity index (χ0) is 21.2. The van der Waals surface area contributed by atoms with Crippen molar-refractivity contribution in [2.24, 2.45) is 5.92 Å². The van der Waals surface area contributed by atoms with Gasteiger partial charge in [0.25, 0.3) is 0 Å². The third-order valence-corrected chi connectivity index (χ3v) is 8.19. The summed E-state index contributed by atoms with van der Waals surface area (Å²) in [6.07, 6.45) is 1.20. The van der Waals surface area contributed by atoms with E-state index in [2.05, 4.69) is 11.4 Å². The second-order valence-electron chi connectivity index (χ2n) is 6.97. The number of rotatable bonds is 5. The molecule has 2 aromatic rings. The number of amides is 1. The highest BCUT2D eigenvalue weighted by Gasteiger charge is 2.33. The van der Waals surface area contributed by atoms with Crippen LogP contribution in [0, 0.1) is 31.1 Å². The summed E-state index contributed by atoms with van der Waals surface area (Å²) in [6.45, 7) is 4.24. The van der Waals surface area contributed by atoms with E-state index >= 15 is 0 Å². The second-order valence-corrected chi connectivity index (χ2v) is 10.1. The molecule has 1 aliphatic rings. The zero-order valence-corrected chi connectivity index (χ0v) is 18.2. The largest absolute Gasteiger partial charge is 0.497 e. The first-order chi connectivity index (χ1) is 13.8. The number of nitrogens with one attached hydrogen (secondary N) is 1. The van der Waals surface area contributed by atoms with Crippen molar-refractivity contribution in [3.8, 4) is 11.8 Å². The molecule has 1 aromatic carbocycles. The number of carbonyl (C=O) groups is 1. The molecule has 3 rings (SSSR count). The van der Waals surface area contributed by atoms with E-state index in [-0.39, 0.29) is 17.3 Å². The van der Waals surface area contributed by atoms with Crippen molar-refractivity contribution in [2.75, 3.05) is 25.5 Å². The van der Waals surface area contributed by atoms with E-state index < -0.39 is 15.9 Å². The molecule has 7 nitrogen and oxygen atoms in total. The molecule has 1 N–H and O–H groups in total. The number of carbonyl (C=O) groups excluding carboxylic acids is 1. The Balaban J connectivity index is 1.75. The van der Waals surface area contributed by atoms with Gasteiger partial charge in [0.05, 0.1) is 23.5 Å². The molecule has 1 unspecified atom stereocenters. The summed E-state index contributed by atoms with van der Waals surface area (Å²) in [5.74, 6) is -0.141. The maximum Gasteiger partial charge on any atom is 0.243 e. The molecular formula is C20H23N3O4S2. The molecule has 154 valence electrons. The summed E-state index contributed by atoms with van der Waals surface area (Å²) in [4.78, 5) is 13.9. The van der Waals surface area contributed by atoms with E-state index in [0.29, 0.717) is 35.7 Å². The molecule has 1 atom stereocenters. The molecule has 1 saturated heterocycles. The summed E-state index contributed by atoms with van der Waals surface area (Å²) >= 11 is 1.37. The summed E-state index contributed by atoms with van der Waals surface area (Å²) in [5.41, 5.74) is 1.33. The van der Waals surface area contributed by atoms with Gasteiger partial charge in [-0.2, -0.15) is 9.57 Å². The van der Waals surface area contributed by atoms with Crippen molar-refractivity contribution in [2.45, 2.75) is 31.6 Å². The number of aryl methyl sites for hydroxylation is 1. The van der Waals surface area contributed by atoms with Crippen LogP contribution in [0.1, 0.15) is 28.8 Å². The van der Waals surface area contributed by atoms with Crippen molar-refractivity contribution in [1.82, 2.24) is 4.31 Å². The lowest BCUT2D eigenvalue weighted by molar-refractivity contribution is -0.120. The SMILES string of the molecule is COc1ccc(S(=O)(=O)N2CCCC(C(=O)Nc3sc(C)c(C)c3C#N)C2)cc1. The fraction of sp³-hybridized carbons (Fsp3) is 0.400. The van der Waals surface area contributed by atoms with Crippen LogP contribution in [0.25, 0.3) is 0 Å². The van der Waals surface area contributed by atoms with Crippen molar-refractivity contribution >= 4 is 32.3 Å². The van der Waals surface area contributed by atoms with Gasteiger partial charge in [-0.15, -0.1) is 11.3 Å². The Labute approximate surface area is 175 Å². The van der Waals surface area contributed by atoms with Gasteiger partial charge in [0, 0.05) is 18.0 Å². The first-order valence-electron chi connectivity index (χ1n) is 9.23. The summed E-state index contributed by atoms with van der Waals surface area (Å²) in [6, 6.07) is 8.36. The highest BCUT2D eigenvalue weighted by Crippen LogP contribution is 2.33. The first-order valence-corrected chi connectivity index (χ1v) is 11.5. The van der Waals surface area contributed by atoms with Crippen LogP contribution in [0.2, 0.25) is 0 Å². The highest BCUT2D eigenvalue weighted by molar-refractivity contribution is 7.89. The number of hydrogen-bond donors (Lipinski definition) is 1. The lowest BCUT2D eigenvalue weighted by atomic mass is 9.99. The number of anilines is 1. The average Bonchev–Trinajstić information content (AvgIpc) is 3.00. The molecule has 0 radical (unpaired) electrons. The number of sulfonamides is 1. The van der Waals surface area contributed by atoms with E-state index in [4.69, 9.17) is 4.74 Å². The maximum atomic E-state index is 13.0. The standard InChI is InChI=1S/C20H23N3O4S2/c1-13-14(2)28-20(18(13)11-21)22-19(24)15-5-4-10-23(12-15)29(25,26)17-8-6-16(27-3)7-9-17/h6-9,15H,4-5,10,12H2,1-3H3,(H,22,24). The Hall–Kier alpha value is -2.41. The van der Waals surface area contributed by atoms with Crippen LogP contribution >= 0.6 is 11.3 Å². The fourth-order valence-electron chi connectivity index (χ4n) is 3.34. The monoisotopic (exact) mass is 433 g/mol. The maximum absolute atomic E-state index is 13.0. The van der Waals surface area contributed by atoms with Gasteiger partial charge in [-0.05, 0) is 56.5 Å². The molecular weight excluding hydrogens is 410 g/mol. The quantitative estimate of drug-likeness (QED) is 0.780. The summed E-state index contributed by atoms with van der Waals surface area (Å²) < 4.78 is 32.4. The Kier molecular flexibility index (Phi) is 6.27. The van der Waals surface area contributed by atoms with Crippen LogP contribution < -0.4 is 10.1 Å². The molecule has 29 heavy (non-hydrogen) atoms. The van der Waals surface area contributed by atoms with Gasteiger partial charge < -0.3 is 10.1 Å². The highest BCUT2D eigenvalue weighted by atomic mass is 32.2. The molecule has 1 fully saturated rings. The number of ether oxygens (including phenoxy) is 1. The van der Waals surface area contributed by atoms with Gasteiger partial charge in [0.2, 0.25) is 15.9 Å². The number of thiophene rings is 1. The number of benzene rings is 1. The lowest BCUT2D eigenvalue weighted by Crippen LogP contribution is -2.43. The van der Waals surface area contributed by atoms with E-state index in [0.717, 1.165) is 10.4 Å². The second kappa shape index (κ2) is 8.53. The van der Waals surface area contributed by atoms with Crippen LogP contribution in [-0.4, -0.2) is 38.8 Å². The first kappa shape index (κ1) is 21.3. The van der Waals surface area contributed by atoms with Crippen molar-refractivity contribution in [1.29, 1.82) is 5.26 Å². The van der Waals surface area contributed by atoms with Crippen molar-refractivity contribution in [3.63, 3.8) is 0 Å². The summed E-state index contributed by atoms with van der Waals surface area (Å²) in [7, 11) is -2.17. The smallest absolute Gasteiger partial charge is 0.243 e. The third kappa shape index (κ3) is 4.29. The molecule has 0 aliphatic carbocycles. The van der Waals surface area contributed by atoms with E-state index in [1.165, 1.54) is 34.9 Å². The van der Waals surface area contributed by atoms with E-state index in [9.17, 15) is 18.5 Å². The fourth-order valence-corrected chi connectivity index (χ4v) is 5.87. The molecule has 0 saturated carbocycles. The van der Waals surface area contributed by atoms with Gasteiger partial charge in [0.15, 0.2) is 0 Å². The Morgan fingerprint density at radius 2 is 2.00 bits per heavy atom. The zero-order valence-electron chi connectivity index (χ0n) is 16.6. The molecule has 0 spiro atoms. The molecule has 1 aromatic heterocycles. The molecule has 0 bridgehead atoms. The van der Waals surface area contributed by atoms with Crippen LogP contribution in [0.15, 0.2) is 29.2 Å². The van der Waals surface area contributed by atoms with Crippen molar-refractivity contribution in [3.05, 3.63) is 40.3 Å². The van der Waals surface area contributed by atoms with Gasteiger partial charge in [-0.3, -0.25) is 4.79 Å². The Morgan fingerprint density at radius 1 is 1.31 bits per heavy atom. The van der Waals surface area contributed by atoms with Gasteiger partial charge >= 0.3 is 0 Å². The number of nitrogens with zero attached hydrogens (tertiary/aromatic N) is 2. The number of nitriles is 1. The minimum atomic E-state index is -3.69. The minimum Gasteiger partial charge on any atom is -0.497 e.